The average Bonchev–Trinajstić information content (AvgIpc) is 2.88. The van der Waals surface area contributed by atoms with E-state index in [4.69, 9.17) is 35.4 Å². The monoisotopic (exact) mass is 517 g/mol. The number of hydrogen-bond donors (Lipinski definition) is 1. The van der Waals surface area contributed by atoms with Crippen molar-refractivity contribution >= 4 is 39.3 Å². The van der Waals surface area contributed by atoms with E-state index in [0.717, 1.165) is 12.3 Å². The van der Waals surface area contributed by atoms with Crippen LogP contribution in [0.2, 0.25) is 0 Å². The van der Waals surface area contributed by atoms with Crippen molar-refractivity contribution < 1.29 is 23.5 Å². The molecule has 0 aliphatic carbocycles. The summed E-state index contributed by atoms with van der Waals surface area (Å²) in [6.45, 7) is 1.39. The molecule has 1 fully saturated rings. The Balaban J connectivity index is 1.73. The molecule has 2 aliphatic heterocycles. The Hall–Kier alpha value is -3.53. The normalized spacial score (nSPS) is 16.4. The summed E-state index contributed by atoms with van der Waals surface area (Å²) < 4.78 is 25.0. The second-order valence-electron chi connectivity index (χ2n) is 9.16. The minimum atomic E-state index is -1.72. The Morgan fingerprint density at radius 3 is 2.63 bits per heavy atom. The number of fused-ring (bicyclic) bond motifs is 1. The number of amides is 3. The predicted octanol–water partition coefficient (Wildman–Crippen LogP) is 0.985. The Morgan fingerprint density at radius 1 is 1.26 bits per heavy atom. The number of likely N-dealkylation sites (N-methyl/N-ethyl adjacent to an activating group) is 1. The summed E-state index contributed by atoms with van der Waals surface area (Å²) >= 11 is 0. The molecule has 2 aliphatic rings. The van der Waals surface area contributed by atoms with Crippen LogP contribution in [0.15, 0.2) is 18.3 Å². The van der Waals surface area contributed by atoms with Gasteiger partial charge in [0.05, 0.1) is 28.4 Å². The number of nitrogens with zero attached hydrogens (tertiary/aromatic N) is 6. The van der Waals surface area contributed by atoms with Crippen LogP contribution in [0.3, 0.4) is 0 Å². The minimum Gasteiger partial charge on any atom is -0.350 e. The lowest BCUT2D eigenvalue weighted by Crippen LogP contribution is -2.59. The van der Waals surface area contributed by atoms with E-state index < -0.39 is 23.5 Å². The molecule has 0 unspecified atom stereocenters. The van der Waals surface area contributed by atoms with Crippen LogP contribution in [0.1, 0.15) is 35.1 Å². The molecule has 38 heavy (non-hydrogen) atoms. The van der Waals surface area contributed by atoms with E-state index in [-0.39, 0.29) is 29.5 Å². The lowest BCUT2D eigenvalue weighted by atomic mass is 9.56. The van der Waals surface area contributed by atoms with Crippen LogP contribution in [-0.4, -0.2) is 94.8 Å². The van der Waals surface area contributed by atoms with Crippen LogP contribution in [-0.2, 0) is 26.0 Å². The molecule has 0 aromatic carbocycles. The molecule has 1 N–H and O–H groups in total. The van der Waals surface area contributed by atoms with E-state index in [9.17, 15) is 14.0 Å². The van der Waals surface area contributed by atoms with Crippen LogP contribution in [0.25, 0.3) is 0 Å². The van der Waals surface area contributed by atoms with Crippen LogP contribution in [0.5, 0.6) is 0 Å². The maximum Gasteiger partial charge on any atom is 0.328 e. The first kappa shape index (κ1) is 27.5. The summed E-state index contributed by atoms with van der Waals surface area (Å²) in [5.74, 6) is -0.771. The van der Waals surface area contributed by atoms with E-state index in [2.05, 4.69) is 10.3 Å². The van der Waals surface area contributed by atoms with Gasteiger partial charge in [0.25, 0.3) is 0 Å². The van der Waals surface area contributed by atoms with Crippen molar-refractivity contribution in [2.24, 2.45) is 0 Å². The SMILES string of the molecule is [B]C([B])(c1cc2c(nc1C(OC)OC)N(C(=O)Nc1cc(F)c(C#N)cn1)CCC2)N1CCN(C)CC1=O. The molecule has 0 saturated carbocycles. The third-order valence-electron chi connectivity index (χ3n) is 6.59. The highest BCUT2D eigenvalue weighted by molar-refractivity contribution is 6.40. The topological polar surface area (TPSA) is 124 Å². The van der Waals surface area contributed by atoms with Gasteiger partial charge in [-0.05, 0) is 42.4 Å². The van der Waals surface area contributed by atoms with Gasteiger partial charge in [-0.15, -0.1) is 0 Å². The van der Waals surface area contributed by atoms with Gasteiger partial charge in [0.2, 0.25) is 12.2 Å². The van der Waals surface area contributed by atoms with Gasteiger partial charge in [0.1, 0.15) is 34.8 Å². The van der Waals surface area contributed by atoms with Crippen LogP contribution >= 0.6 is 0 Å². The first-order valence-electron chi connectivity index (χ1n) is 11.9. The second kappa shape index (κ2) is 11.1. The number of hydrogen-bond acceptors (Lipinski definition) is 8. The number of nitriles is 1. The van der Waals surface area contributed by atoms with Crippen LogP contribution in [0.4, 0.5) is 20.8 Å². The van der Waals surface area contributed by atoms with Crippen molar-refractivity contribution in [3.8, 4) is 6.07 Å². The predicted molar refractivity (Wildman–Crippen MR) is 137 cm³/mol. The lowest BCUT2D eigenvalue weighted by Gasteiger charge is -2.46. The lowest BCUT2D eigenvalue weighted by molar-refractivity contribution is -0.138. The van der Waals surface area contributed by atoms with Gasteiger partial charge in [-0.25, -0.2) is 19.2 Å². The standard InChI is InChI=1S/C24H26B2FN7O4/c1-32-7-8-34(19(35)13-32)24(25,26)16-9-14-5-4-6-33(21(14)31-20(16)22(37-2)38-3)23(36)30-18-10-17(27)15(11-28)12-29-18/h9-10,12,22H,4-8,13H2,1-3H3,(H,29,30,36). The van der Waals surface area contributed by atoms with Crippen molar-refractivity contribution in [1.82, 2.24) is 19.8 Å². The Kier molecular flexibility index (Phi) is 8.01. The highest BCUT2D eigenvalue weighted by atomic mass is 19.1. The summed E-state index contributed by atoms with van der Waals surface area (Å²) in [6, 6.07) is 3.79. The van der Waals surface area contributed by atoms with Gasteiger partial charge in [-0.3, -0.25) is 19.9 Å². The maximum absolute atomic E-state index is 14.0. The second-order valence-corrected chi connectivity index (χ2v) is 9.16. The van der Waals surface area contributed by atoms with Crippen LogP contribution < -0.4 is 10.2 Å². The molecule has 14 heteroatoms. The zero-order chi connectivity index (χ0) is 27.6. The third-order valence-corrected chi connectivity index (χ3v) is 6.59. The molecule has 0 bridgehead atoms. The fourth-order valence-corrected chi connectivity index (χ4v) is 4.61. The number of methoxy groups -OCH3 is 2. The average molecular weight is 517 g/mol. The number of carbonyl (C=O) groups is 2. The number of rotatable bonds is 6. The minimum absolute atomic E-state index is 0.0568. The number of anilines is 2. The molecule has 0 spiro atoms. The fourth-order valence-electron chi connectivity index (χ4n) is 4.61. The smallest absolute Gasteiger partial charge is 0.328 e. The van der Waals surface area contributed by atoms with Crippen molar-refractivity contribution in [2.75, 3.05) is 57.7 Å². The summed E-state index contributed by atoms with van der Waals surface area (Å²) in [4.78, 5) is 39.4. The molecular weight excluding hydrogens is 491 g/mol. The summed E-state index contributed by atoms with van der Waals surface area (Å²) in [7, 11) is 17.9. The molecule has 3 amide bonds. The molecule has 2 aromatic heterocycles. The molecule has 11 nitrogen and oxygen atoms in total. The number of urea groups is 1. The molecule has 1 saturated heterocycles. The van der Waals surface area contributed by atoms with Gasteiger partial charge in [0.15, 0.2) is 0 Å². The molecule has 194 valence electrons. The maximum atomic E-state index is 14.0. The summed E-state index contributed by atoms with van der Waals surface area (Å²) in [6.07, 6.45) is 1.22. The first-order chi connectivity index (χ1) is 18.1. The Bertz CT molecular complexity index is 1290. The van der Waals surface area contributed by atoms with Gasteiger partial charge in [-0.1, -0.05) is 0 Å². The van der Waals surface area contributed by atoms with Gasteiger partial charge < -0.3 is 14.4 Å². The van der Waals surface area contributed by atoms with Gasteiger partial charge in [-0.2, -0.15) is 5.26 Å². The molecule has 4 heterocycles. The van der Waals surface area contributed by atoms with Crippen molar-refractivity contribution in [3.05, 3.63) is 46.5 Å². The van der Waals surface area contributed by atoms with E-state index in [0.29, 0.717) is 49.4 Å². The Morgan fingerprint density at radius 2 is 2.00 bits per heavy atom. The third kappa shape index (κ3) is 5.22. The molecule has 4 radical (unpaired) electrons. The van der Waals surface area contributed by atoms with E-state index in [1.165, 1.54) is 24.0 Å². The van der Waals surface area contributed by atoms with Crippen molar-refractivity contribution in [1.29, 1.82) is 5.26 Å². The van der Waals surface area contributed by atoms with Crippen molar-refractivity contribution in [2.45, 2.75) is 24.5 Å². The summed E-state index contributed by atoms with van der Waals surface area (Å²) in [5, 5.41) is 9.73. The zero-order valence-electron chi connectivity index (χ0n) is 21.4. The van der Waals surface area contributed by atoms with Crippen LogP contribution in [0, 0.1) is 17.1 Å². The number of halogens is 1. The zero-order valence-corrected chi connectivity index (χ0v) is 21.4. The largest absolute Gasteiger partial charge is 0.350 e. The first-order valence-corrected chi connectivity index (χ1v) is 11.9. The molecule has 4 rings (SSSR count). The number of aryl methyl sites for hydroxylation is 1. The fraction of sp³-hybridized carbons (Fsp3) is 0.458. The molecular formula is C24H26B2FN7O4. The highest BCUT2D eigenvalue weighted by Gasteiger charge is 2.39. The van der Waals surface area contributed by atoms with Gasteiger partial charge >= 0.3 is 6.03 Å². The molecule has 2 aromatic rings. The number of piperazine rings is 1. The van der Waals surface area contributed by atoms with E-state index in [1.807, 2.05) is 11.9 Å². The number of aromatic nitrogens is 2. The number of nitrogens with one attached hydrogen (secondary N) is 1. The number of pyridine rings is 2. The van der Waals surface area contributed by atoms with Gasteiger partial charge in [0, 0.05) is 39.9 Å². The molecule has 0 atom stereocenters. The highest BCUT2D eigenvalue weighted by Crippen LogP contribution is 2.36. The van der Waals surface area contributed by atoms with Crippen molar-refractivity contribution in [3.63, 3.8) is 0 Å². The Labute approximate surface area is 222 Å². The number of ether oxygens (including phenoxy) is 2. The van der Waals surface area contributed by atoms with E-state index in [1.54, 1.807) is 12.1 Å². The summed E-state index contributed by atoms with van der Waals surface area (Å²) in [5.41, 5.74) is 0.992. The quantitative estimate of drug-likeness (QED) is 0.445. The van der Waals surface area contributed by atoms with E-state index >= 15 is 0 Å². The number of carbonyl (C=O) groups excluding carboxylic acids is 2.